The van der Waals surface area contributed by atoms with Crippen LogP contribution in [0.2, 0.25) is 0 Å². The maximum absolute atomic E-state index is 10.6. The molecule has 0 radical (unpaired) electrons. The maximum atomic E-state index is 10.6. The molecule has 0 N–H and O–H groups in total. The third-order valence-corrected chi connectivity index (χ3v) is 2.15. The van der Waals surface area contributed by atoms with Crippen LogP contribution in [-0.4, -0.2) is 19.5 Å². The Labute approximate surface area is 101 Å². The van der Waals surface area contributed by atoms with Crippen LogP contribution in [0.25, 0.3) is 5.82 Å². The molecule has 8 heteroatoms. The van der Waals surface area contributed by atoms with Crippen molar-refractivity contribution in [1.29, 1.82) is 10.5 Å². The number of nitriles is 2. The zero-order valence-electron chi connectivity index (χ0n) is 8.81. The van der Waals surface area contributed by atoms with Crippen molar-refractivity contribution in [2.24, 2.45) is 0 Å². The SMILES string of the molecule is N#Cc1cc([N+](=O)[O-])cnc1-n1ccnc1C#N. The van der Waals surface area contributed by atoms with Crippen LogP contribution in [0.1, 0.15) is 11.4 Å². The molecule has 2 aromatic heterocycles. The Balaban J connectivity index is 2.64. The quantitative estimate of drug-likeness (QED) is 0.568. The standard InChI is InChI=1S/C10H4N6O2/c11-4-7-3-8(16(17)18)6-14-10(7)15-2-1-13-9(15)5-12/h1-3,6H. The lowest BCUT2D eigenvalue weighted by molar-refractivity contribution is -0.385. The summed E-state index contributed by atoms with van der Waals surface area (Å²) in [6.07, 6.45) is 3.85. The van der Waals surface area contributed by atoms with Gasteiger partial charge in [-0.3, -0.25) is 14.7 Å². The smallest absolute Gasteiger partial charge is 0.274 e. The Hall–Kier alpha value is -3.26. The predicted octanol–water partition coefficient (Wildman–Crippen LogP) is 0.919. The number of pyridine rings is 1. The van der Waals surface area contributed by atoms with E-state index in [-0.39, 0.29) is 22.9 Å². The van der Waals surface area contributed by atoms with Crippen LogP contribution in [0.4, 0.5) is 5.69 Å². The maximum Gasteiger partial charge on any atom is 0.289 e. The highest BCUT2D eigenvalue weighted by Crippen LogP contribution is 2.18. The molecule has 0 bridgehead atoms. The van der Waals surface area contributed by atoms with Crippen molar-refractivity contribution in [2.45, 2.75) is 0 Å². The van der Waals surface area contributed by atoms with E-state index in [1.165, 1.54) is 17.0 Å². The number of hydrogen-bond donors (Lipinski definition) is 0. The molecule has 18 heavy (non-hydrogen) atoms. The van der Waals surface area contributed by atoms with Crippen LogP contribution >= 0.6 is 0 Å². The minimum atomic E-state index is -0.642. The first-order valence-corrected chi connectivity index (χ1v) is 4.65. The second kappa shape index (κ2) is 4.31. The van der Waals surface area contributed by atoms with E-state index < -0.39 is 4.92 Å². The van der Waals surface area contributed by atoms with Crippen LogP contribution in [0.3, 0.4) is 0 Å². The van der Waals surface area contributed by atoms with Crippen LogP contribution in [-0.2, 0) is 0 Å². The molecule has 0 aliphatic carbocycles. The lowest BCUT2D eigenvalue weighted by atomic mass is 10.2. The zero-order valence-corrected chi connectivity index (χ0v) is 8.81. The van der Waals surface area contributed by atoms with E-state index in [0.717, 1.165) is 12.3 Å². The zero-order chi connectivity index (χ0) is 13.1. The predicted molar refractivity (Wildman–Crippen MR) is 57.4 cm³/mol. The summed E-state index contributed by atoms with van der Waals surface area (Å²) in [5.74, 6) is 0.185. The Morgan fingerprint density at radius 2 is 2.11 bits per heavy atom. The Bertz CT molecular complexity index is 706. The van der Waals surface area contributed by atoms with Gasteiger partial charge in [-0.25, -0.2) is 9.97 Å². The summed E-state index contributed by atoms with van der Waals surface area (Å²) in [6.45, 7) is 0. The molecule has 0 fully saturated rings. The van der Waals surface area contributed by atoms with Crippen LogP contribution in [0, 0.1) is 32.8 Å². The van der Waals surface area contributed by atoms with Crippen molar-refractivity contribution in [2.75, 3.05) is 0 Å². The molecule has 0 spiro atoms. The van der Waals surface area contributed by atoms with Crippen molar-refractivity contribution in [1.82, 2.24) is 14.5 Å². The van der Waals surface area contributed by atoms with E-state index in [9.17, 15) is 10.1 Å². The molecule has 0 saturated carbocycles. The molecule has 0 unspecified atom stereocenters. The van der Waals surface area contributed by atoms with Crippen molar-refractivity contribution < 1.29 is 4.92 Å². The summed E-state index contributed by atoms with van der Waals surface area (Å²) in [7, 11) is 0. The Kier molecular flexibility index (Phi) is 2.69. The molecule has 0 amide bonds. The number of hydrogen-bond acceptors (Lipinski definition) is 6. The summed E-state index contributed by atoms with van der Waals surface area (Å²) < 4.78 is 1.29. The molecule has 86 valence electrons. The minimum Gasteiger partial charge on any atom is -0.274 e. The highest BCUT2D eigenvalue weighted by Gasteiger charge is 2.15. The van der Waals surface area contributed by atoms with Gasteiger partial charge in [-0.15, -0.1) is 0 Å². The van der Waals surface area contributed by atoms with Crippen molar-refractivity contribution >= 4 is 5.69 Å². The number of aromatic nitrogens is 3. The topological polar surface area (TPSA) is 121 Å². The van der Waals surface area contributed by atoms with E-state index in [0.29, 0.717) is 0 Å². The number of nitro groups is 1. The molecule has 8 nitrogen and oxygen atoms in total. The molecule has 0 aliphatic rings. The van der Waals surface area contributed by atoms with Gasteiger partial charge < -0.3 is 0 Å². The Morgan fingerprint density at radius 3 is 2.72 bits per heavy atom. The van der Waals surface area contributed by atoms with E-state index in [4.69, 9.17) is 10.5 Å². The van der Waals surface area contributed by atoms with Gasteiger partial charge in [0.05, 0.1) is 4.92 Å². The first kappa shape index (κ1) is 11.2. The van der Waals surface area contributed by atoms with Crippen molar-refractivity contribution in [3.05, 3.63) is 46.2 Å². The molecule has 0 saturated heterocycles. The number of rotatable bonds is 2. The molecular formula is C10H4N6O2. The van der Waals surface area contributed by atoms with E-state index >= 15 is 0 Å². The second-order valence-electron chi connectivity index (χ2n) is 3.17. The average molecular weight is 240 g/mol. The molecule has 2 aromatic rings. The summed E-state index contributed by atoms with van der Waals surface area (Å²) in [5.41, 5.74) is -0.285. The normalized spacial score (nSPS) is 9.44. The van der Waals surface area contributed by atoms with E-state index in [1.54, 1.807) is 6.07 Å². The van der Waals surface area contributed by atoms with Crippen LogP contribution in [0.5, 0.6) is 0 Å². The third-order valence-electron chi connectivity index (χ3n) is 2.15. The van der Waals surface area contributed by atoms with Gasteiger partial charge in [0.2, 0.25) is 5.82 Å². The van der Waals surface area contributed by atoms with Gasteiger partial charge in [0.1, 0.15) is 23.9 Å². The second-order valence-corrected chi connectivity index (χ2v) is 3.17. The lowest BCUT2D eigenvalue weighted by Crippen LogP contribution is -2.03. The number of imidazole rings is 1. The first-order valence-electron chi connectivity index (χ1n) is 4.65. The molecule has 0 atom stereocenters. The average Bonchev–Trinajstić information content (AvgIpc) is 2.85. The minimum absolute atomic E-state index is 0.00120. The monoisotopic (exact) mass is 240 g/mol. The summed E-state index contributed by atoms with van der Waals surface area (Å²) in [4.78, 5) is 17.5. The summed E-state index contributed by atoms with van der Waals surface area (Å²) in [5, 5.41) is 28.4. The highest BCUT2D eigenvalue weighted by molar-refractivity contribution is 5.50. The van der Waals surface area contributed by atoms with Gasteiger partial charge in [0.15, 0.2) is 5.82 Å². The van der Waals surface area contributed by atoms with E-state index in [1.807, 2.05) is 6.07 Å². The number of nitrogens with zero attached hydrogens (tertiary/aromatic N) is 6. The molecule has 0 aliphatic heterocycles. The largest absolute Gasteiger partial charge is 0.289 e. The van der Waals surface area contributed by atoms with Gasteiger partial charge >= 0.3 is 0 Å². The lowest BCUT2D eigenvalue weighted by Gasteiger charge is -2.03. The highest BCUT2D eigenvalue weighted by atomic mass is 16.6. The fourth-order valence-electron chi connectivity index (χ4n) is 1.38. The van der Waals surface area contributed by atoms with Crippen LogP contribution in [0.15, 0.2) is 24.7 Å². The first-order chi connectivity index (χ1) is 8.67. The Morgan fingerprint density at radius 1 is 1.33 bits per heavy atom. The van der Waals surface area contributed by atoms with Crippen molar-refractivity contribution in [3.8, 4) is 18.0 Å². The summed E-state index contributed by atoms with van der Waals surface area (Å²) in [6, 6.07) is 4.74. The van der Waals surface area contributed by atoms with E-state index in [2.05, 4.69) is 9.97 Å². The van der Waals surface area contributed by atoms with Gasteiger partial charge in [-0.1, -0.05) is 0 Å². The molecular weight excluding hydrogens is 236 g/mol. The van der Waals surface area contributed by atoms with Crippen LogP contribution < -0.4 is 0 Å². The molecule has 0 aromatic carbocycles. The van der Waals surface area contributed by atoms with Gasteiger partial charge in [0.25, 0.3) is 5.69 Å². The van der Waals surface area contributed by atoms with Gasteiger partial charge in [-0.2, -0.15) is 10.5 Å². The molecule has 2 heterocycles. The fraction of sp³-hybridized carbons (Fsp3) is 0. The van der Waals surface area contributed by atoms with Gasteiger partial charge in [0, 0.05) is 18.5 Å². The molecule has 2 rings (SSSR count). The van der Waals surface area contributed by atoms with Crippen molar-refractivity contribution in [3.63, 3.8) is 0 Å². The fourth-order valence-corrected chi connectivity index (χ4v) is 1.38. The third kappa shape index (κ3) is 1.74. The van der Waals surface area contributed by atoms with Gasteiger partial charge in [-0.05, 0) is 0 Å². The summed E-state index contributed by atoms with van der Waals surface area (Å²) >= 11 is 0.